The Morgan fingerprint density at radius 3 is 1.54 bits per heavy atom. The van der Waals surface area contributed by atoms with E-state index in [9.17, 15) is 0 Å². The first-order valence-electron chi connectivity index (χ1n) is 19.8. The normalized spacial score (nSPS) is 13.5. The van der Waals surface area contributed by atoms with Crippen LogP contribution in [-0.4, -0.2) is 4.98 Å². The molecule has 2 nitrogen and oxygen atoms in total. The Morgan fingerprint density at radius 2 is 1.02 bits per heavy atom. The molecule has 2 heteroatoms. The molecule has 3 aromatic rings. The highest BCUT2D eigenvalue weighted by molar-refractivity contribution is 5.32. The summed E-state index contributed by atoms with van der Waals surface area (Å²) < 4.78 is 2.58. The van der Waals surface area contributed by atoms with E-state index >= 15 is 0 Å². The fraction of sp³-hybridized carbons (Fsp3) is 0.659. The Morgan fingerprint density at radius 1 is 0.565 bits per heavy atom. The lowest BCUT2D eigenvalue weighted by Crippen LogP contribution is -2.43. The Balaban J connectivity index is 1.57. The van der Waals surface area contributed by atoms with Crippen LogP contribution < -0.4 is 4.57 Å². The summed E-state index contributed by atoms with van der Waals surface area (Å²) in [5.74, 6) is 1.87. The number of aryl methyl sites for hydroxylation is 1. The van der Waals surface area contributed by atoms with Crippen LogP contribution >= 0.6 is 0 Å². The highest BCUT2D eigenvalue weighted by Gasteiger charge is 2.41. The van der Waals surface area contributed by atoms with Crippen molar-refractivity contribution >= 4 is 0 Å². The molecule has 0 bridgehead atoms. The lowest BCUT2D eigenvalue weighted by Gasteiger charge is -2.37. The third-order valence-corrected chi connectivity index (χ3v) is 10.6. The molecule has 0 spiro atoms. The van der Waals surface area contributed by atoms with E-state index < -0.39 is 0 Å². The maximum atomic E-state index is 3.80. The largest absolute Gasteiger partial charge is 0.258 e. The van der Waals surface area contributed by atoms with Crippen LogP contribution in [0.5, 0.6) is 0 Å². The predicted octanol–water partition coefficient (Wildman–Crippen LogP) is 13.2. The molecule has 0 fully saturated rings. The molecular formula is C44H71N2+. The van der Waals surface area contributed by atoms with E-state index in [1.807, 2.05) is 0 Å². The molecule has 0 saturated heterocycles. The molecule has 0 amide bonds. The fourth-order valence-electron chi connectivity index (χ4n) is 7.68. The van der Waals surface area contributed by atoms with Gasteiger partial charge in [0, 0.05) is 5.41 Å². The monoisotopic (exact) mass is 628 g/mol. The number of aromatic nitrogens is 2. The van der Waals surface area contributed by atoms with E-state index in [2.05, 4.69) is 103 Å². The maximum absolute atomic E-state index is 3.80. The summed E-state index contributed by atoms with van der Waals surface area (Å²) in [6.45, 7) is 8.28. The molecule has 2 aromatic carbocycles. The molecule has 1 aromatic heterocycles. The van der Waals surface area contributed by atoms with Gasteiger partial charge in [0.05, 0.1) is 12.5 Å². The molecule has 0 radical (unpaired) electrons. The van der Waals surface area contributed by atoms with Crippen molar-refractivity contribution in [3.8, 4) is 0 Å². The summed E-state index contributed by atoms with van der Waals surface area (Å²) in [4.78, 5) is 3.80. The number of rotatable bonds is 28. The minimum atomic E-state index is 0.00688. The molecule has 3 rings (SSSR count). The minimum Gasteiger partial charge on any atom is -0.247 e. The first kappa shape index (κ1) is 38.1. The second-order valence-corrected chi connectivity index (χ2v) is 14.5. The molecule has 46 heavy (non-hydrogen) atoms. The SMILES string of the molecule is CCCCCCCCCCCCCCCC[n+]1cc[nH]c1C(CCCCCCCCC)C(C)(Cc1ccccc1)c1ccccc1. The Kier molecular flexibility index (Phi) is 19.8. The van der Waals surface area contributed by atoms with E-state index in [1.165, 1.54) is 158 Å². The van der Waals surface area contributed by atoms with Crippen molar-refractivity contribution in [2.75, 3.05) is 0 Å². The number of H-pyrrole nitrogens is 1. The van der Waals surface area contributed by atoms with Crippen LogP contribution in [0, 0.1) is 0 Å². The van der Waals surface area contributed by atoms with Gasteiger partial charge >= 0.3 is 0 Å². The van der Waals surface area contributed by atoms with Gasteiger partial charge in [-0.15, -0.1) is 0 Å². The van der Waals surface area contributed by atoms with Gasteiger partial charge in [-0.3, -0.25) is 0 Å². The number of benzene rings is 2. The quantitative estimate of drug-likeness (QED) is 0.0610. The topological polar surface area (TPSA) is 19.7 Å². The van der Waals surface area contributed by atoms with Crippen LogP contribution in [0.15, 0.2) is 73.1 Å². The zero-order valence-electron chi connectivity index (χ0n) is 30.4. The average molecular weight is 628 g/mol. The van der Waals surface area contributed by atoms with Crippen molar-refractivity contribution < 1.29 is 4.57 Å². The zero-order chi connectivity index (χ0) is 32.5. The van der Waals surface area contributed by atoms with Crippen LogP contribution in [0.2, 0.25) is 0 Å². The van der Waals surface area contributed by atoms with Crippen LogP contribution in [0.1, 0.15) is 185 Å². The summed E-state index contributed by atoms with van der Waals surface area (Å²) in [6, 6.07) is 22.6. The van der Waals surface area contributed by atoms with Crippen molar-refractivity contribution in [2.24, 2.45) is 0 Å². The van der Waals surface area contributed by atoms with Gasteiger partial charge in [0.25, 0.3) is 5.82 Å². The van der Waals surface area contributed by atoms with Crippen LogP contribution in [-0.2, 0) is 18.4 Å². The number of unbranched alkanes of at least 4 members (excludes halogenated alkanes) is 19. The van der Waals surface area contributed by atoms with Crippen molar-refractivity contribution in [3.05, 3.63) is 90.0 Å². The Hall–Kier alpha value is -2.35. The smallest absolute Gasteiger partial charge is 0.247 e. The highest BCUT2D eigenvalue weighted by atomic mass is 15.1. The standard InChI is InChI=1S/C44H70N2/c1-4-6-8-10-12-13-14-15-16-17-18-20-22-30-37-46-38-36-45-43(46)42(35-29-21-19-11-9-7-5-2)44(3,41-33-27-24-28-34-41)39-40-31-25-23-26-32-40/h23-28,31-34,36,38,42H,4-22,29-30,35,37,39H2,1-3H3/p+1. The highest BCUT2D eigenvalue weighted by Crippen LogP contribution is 2.43. The van der Waals surface area contributed by atoms with E-state index in [1.54, 1.807) is 0 Å². The van der Waals surface area contributed by atoms with E-state index in [0.717, 1.165) is 13.0 Å². The summed E-state index contributed by atoms with van der Waals surface area (Å²) >= 11 is 0. The number of hydrogen-bond donors (Lipinski definition) is 1. The molecule has 0 saturated carbocycles. The summed E-state index contributed by atoms with van der Waals surface area (Å²) in [5, 5.41) is 0. The third-order valence-electron chi connectivity index (χ3n) is 10.6. The molecule has 0 aliphatic heterocycles. The first-order chi connectivity index (χ1) is 22.7. The third kappa shape index (κ3) is 14.2. The lowest BCUT2D eigenvalue weighted by atomic mass is 9.66. The van der Waals surface area contributed by atoms with Crippen molar-refractivity contribution in [1.82, 2.24) is 4.98 Å². The zero-order valence-corrected chi connectivity index (χ0v) is 30.4. The number of nitrogens with zero attached hydrogens (tertiary/aromatic N) is 1. The van der Waals surface area contributed by atoms with Gasteiger partial charge in [-0.05, 0) is 36.8 Å². The van der Waals surface area contributed by atoms with Crippen molar-refractivity contribution in [1.29, 1.82) is 0 Å². The van der Waals surface area contributed by atoms with Gasteiger partial charge in [-0.25, -0.2) is 9.55 Å². The number of hydrogen-bond acceptors (Lipinski definition) is 0. The lowest BCUT2D eigenvalue weighted by molar-refractivity contribution is -0.705. The van der Waals surface area contributed by atoms with E-state index in [4.69, 9.17) is 0 Å². The van der Waals surface area contributed by atoms with Crippen LogP contribution in [0.25, 0.3) is 0 Å². The summed E-state index contributed by atoms with van der Waals surface area (Å²) in [5.41, 5.74) is 2.90. The van der Waals surface area contributed by atoms with Crippen molar-refractivity contribution in [3.63, 3.8) is 0 Å². The predicted molar refractivity (Wildman–Crippen MR) is 201 cm³/mol. The molecule has 2 atom stereocenters. The first-order valence-corrected chi connectivity index (χ1v) is 19.8. The average Bonchev–Trinajstić information content (AvgIpc) is 3.54. The molecule has 0 aliphatic carbocycles. The van der Waals surface area contributed by atoms with E-state index in [-0.39, 0.29) is 5.41 Å². The van der Waals surface area contributed by atoms with Gasteiger partial charge < -0.3 is 0 Å². The van der Waals surface area contributed by atoms with E-state index in [0.29, 0.717) is 5.92 Å². The van der Waals surface area contributed by atoms with Gasteiger partial charge in [-0.1, -0.05) is 203 Å². The molecule has 0 aliphatic rings. The van der Waals surface area contributed by atoms with Gasteiger partial charge in [0.2, 0.25) is 0 Å². The molecule has 1 N–H and O–H groups in total. The van der Waals surface area contributed by atoms with Crippen LogP contribution in [0.4, 0.5) is 0 Å². The second kappa shape index (κ2) is 23.9. The Bertz CT molecular complexity index is 1100. The fourth-order valence-corrected chi connectivity index (χ4v) is 7.68. The number of aromatic amines is 1. The maximum Gasteiger partial charge on any atom is 0.258 e. The van der Waals surface area contributed by atoms with Gasteiger partial charge in [0.15, 0.2) is 0 Å². The molecule has 256 valence electrons. The molecule has 1 heterocycles. The molecular weight excluding hydrogens is 556 g/mol. The summed E-state index contributed by atoms with van der Waals surface area (Å²) in [7, 11) is 0. The minimum absolute atomic E-state index is 0.00688. The Labute approximate surface area is 285 Å². The van der Waals surface area contributed by atoms with Crippen LogP contribution in [0.3, 0.4) is 0 Å². The molecule has 2 unspecified atom stereocenters. The van der Waals surface area contributed by atoms with Crippen molar-refractivity contribution in [2.45, 2.75) is 186 Å². The second-order valence-electron chi connectivity index (χ2n) is 14.5. The number of imidazole rings is 1. The summed E-state index contributed by atoms with van der Waals surface area (Å²) in [6.07, 6.45) is 36.0. The van der Waals surface area contributed by atoms with Gasteiger partial charge in [-0.2, -0.15) is 0 Å². The number of nitrogens with one attached hydrogen (secondary N) is 1. The van der Waals surface area contributed by atoms with Gasteiger partial charge in [0.1, 0.15) is 12.4 Å².